The van der Waals surface area contributed by atoms with Crippen molar-refractivity contribution in [2.24, 2.45) is 83.7 Å². The highest BCUT2D eigenvalue weighted by atomic mass is 79.9. The molecule has 125 heavy (non-hydrogen) atoms. The molecule has 10 aliphatic rings. The van der Waals surface area contributed by atoms with Crippen LogP contribution in [0.4, 0.5) is 4.39 Å². The topological polar surface area (TPSA) is 308 Å². The Balaban J connectivity index is 0.000000152. The van der Waals surface area contributed by atoms with Crippen LogP contribution < -0.4 is 28.4 Å². The summed E-state index contributed by atoms with van der Waals surface area (Å²) in [5, 5.41) is 58.3. The Hall–Kier alpha value is -8.54. The second-order valence-corrected chi connectivity index (χ2v) is 42.1. The number of aryl methyl sites for hydroxylation is 5. The minimum Gasteiger partial charge on any atom is -0.504 e. The normalized spacial score (nSPS) is 29.6. The monoisotopic (exact) mass is 1800 g/mol. The van der Waals surface area contributed by atoms with Crippen molar-refractivity contribution in [1.29, 1.82) is 0 Å². The van der Waals surface area contributed by atoms with Crippen LogP contribution in [0, 0.1) is 89.6 Å². The molecule has 0 amide bonds. The molecule has 5 aromatic rings. The maximum atomic E-state index is 13.7. The fraction of sp³-hybridized carbons (Fsp3) is 0.653. The van der Waals surface area contributed by atoms with Crippen molar-refractivity contribution in [3.63, 3.8) is 0 Å². The highest BCUT2D eigenvalue weighted by Crippen LogP contribution is 2.71. The molecule has 22 nitrogen and oxygen atoms in total. The smallest absolute Gasteiger partial charge is 0.306 e. The molecule has 0 unspecified atom stereocenters. The van der Waals surface area contributed by atoms with Gasteiger partial charge in [0.15, 0.2) is 63.3 Å². The zero-order valence-corrected chi connectivity index (χ0v) is 79.4. The van der Waals surface area contributed by atoms with E-state index >= 15 is 0 Å². The van der Waals surface area contributed by atoms with E-state index in [1.54, 1.807) is 48.5 Å². The third-order valence-electron chi connectivity index (χ3n) is 34.8. The number of hydrogen-bond acceptors (Lipinski definition) is 22. The lowest BCUT2D eigenvalue weighted by Crippen LogP contribution is -2.38. The number of rotatable bonds is 26. The number of methoxy groups -OCH3 is 6. The van der Waals surface area contributed by atoms with Crippen LogP contribution >= 0.6 is 15.9 Å². The molecule has 10 aliphatic carbocycles. The molecule has 5 aromatic carbocycles. The van der Waals surface area contributed by atoms with Crippen LogP contribution in [-0.4, -0.2) is 134 Å². The summed E-state index contributed by atoms with van der Waals surface area (Å²) in [6.45, 7) is 34.4. The van der Waals surface area contributed by atoms with Gasteiger partial charge in [-0.2, -0.15) is 0 Å². The summed E-state index contributed by atoms with van der Waals surface area (Å²) in [5.74, 6) is 2.52. The molecule has 15 atom stereocenters. The molecular formula is C101H140BrFO22. The number of halogens is 2. The first kappa shape index (κ1) is 97.1. The van der Waals surface area contributed by atoms with Gasteiger partial charge in [0.1, 0.15) is 30.5 Å². The van der Waals surface area contributed by atoms with E-state index in [1.807, 2.05) is 6.07 Å². The van der Waals surface area contributed by atoms with E-state index in [0.717, 1.165) is 90.9 Å². The van der Waals surface area contributed by atoms with Crippen molar-refractivity contribution in [2.75, 3.05) is 42.7 Å². The Morgan fingerprint density at radius 1 is 0.320 bits per heavy atom. The first-order valence-electron chi connectivity index (χ1n) is 45.0. The molecule has 10 bridgehead atoms. The average molecular weight is 1810 g/mol. The van der Waals surface area contributed by atoms with Crippen molar-refractivity contribution in [1.82, 2.24) is 0 Å². The Morgan fingerprint density at radius 2 is 0.584 bits per heavy atom. The van der Waals surface area contributed by atoms with E-state index in [-0.39, 0.29) is 168 Å². The van der Waals surface area contributed by atoms with Gasteiger partial charge in [-0.15, -0.1) is 0 Å². The molecule has 0 aliphatic heterocycles. The SMILES string of the molecule is COc1cc(CCC(=O)O[C@H]2C[C@H]3CC[C@]2(C)C3(C)C)c(Br)cc1O.COc1cc(CCC(=O)O[C@H]2C[C@H]3CC[C@]2(C)C3(C)C)cc(F)c1O.COc1cc(CCC(=O)O[C@H]2C[C@H]3CC[C@]2(C)C3(C)C)cc(O)c1O.COc1cc(CCC(=O)O[C@H]2C[C@H]3CC[C@]2(C)C3(C)C)cc(OC)c1O.COc1cc(CCC(=O)O[C@H]2C[C@H]3CC[C@]2(C)C3(C)C)ccc1O. The summed E-state index contributed by atoms with van der Waals surface area (Å²) in [6.07, 6.45) is 20.6. The molecule has 0 spiro atoms. The number of aromatic hydroxyl groups is 6. The van der Waals surface area contributed by atoms with Gasteiger partial charge in [0, 0.05) is 63.7 Å². The summed E-state index contributed by atoms with van der Waals surface area (Å²) < 4.78 is 74.3. The van der Waals surface area contributed by atoms with Gasteiger partial charge in [-0.3, -0.25) is 24.0 Å². The maximum Gasteiger partial charge on any atom is 0.306 e. The molecule has 0 radical (unpaired) electrons. The van der Waals surface area contributed by atoms with Crippen LogP contribution in [0.15, 0.2) is 71.2 Å². The van der Waals surface area contributed by atoms with Crippen molar-refractivity contribution in [3.05, 3.63) is 105 Å². The highest BCUT2D eigenvalue weighted by Gasteiger charge is 2.67. The van der Waals surface area contributed by atoms with Gasteiger partial charge in [0.2, 0.25) is 11.5 Å². The second-order valence-electron chi connectivity index (χ2n) is 41.2. The van der Waals surface area contributed by atoms with Gasteiger partial charge in [-0.25, -0.2) is 4.39 Å². The summed E-state index contributed by atoms with van der Waals surface area (Å²) >= 11 is 3.43. The van der Waals surface area contributed by atoms with Gasteiger partial charge in [0.05, 0.1) is 42.7 Å². The summed E-state index contributed by atoms with van der Waals surface area (Å²) in [6, 6.07) is 17.8. The van der Waals surface area contributed by atoms with Crippen LogP contribution in [0.3, 0.4) is 0 Å². The van der Waals surface area contributed by atoms with Crippen molar-refractivity contribution in [3.8, 4) is 69.0 Å². The second kappa shape index (κ2) is 37.6. The Bertz CT molecular complexity index is 4600. The molecule has 0 aromatic heterocycles. The highest BCUT2D eigenvalue weighted by molar-refractivity contribution is 9.10. The molecule has 10 fully saturated rings. The minimum absolute atomic E-state index is 0.00323. The van der Waals surface area contributed by atoms with E-state index in [2.05, 4.69) is 120 Å². The van der Waals surface area contributed by atoms with Crippen LogP contribution in [0.1, 0.15) is 260 Å². The number of fused-ring (bicyclic) bond motifs is 10. The van der Waals surface area contributed by atoms with Gasteiger partial charge in [0.25, 0.3) is 0 Å². The van der Waals surface area contributed by atoms with Gasteiger partial charge >= 0.3 is 29.8 Å². The summed E-state index contributed by atoms with van der Waals surface area (Å²) in [7, 11) is 8.80. The molecule has 690 valence electrons. The van der Waals surface area contributed by atoms with E-state index in [1.165, 1.54) is 86.9 Å². The van der Waals surface area contributed by atoms with Crippen molar-refractivity contribution in [2.45, 2.75) is 295 Å². The average Bonchev–Trinajstić information content (AvgIpc) is 1.59. The third-order valence-corrected chi connectivity index (χ3v) is 35.5. The van der Waals surface area contributed by atoms with Gasteiger partial charge < -0.3 is 82.7 Å². The molecule has 6 N–H and O–H groups in total. The predicted molar refractivity (Wildman–Crippen MR) is 476 cm³/mol. The lowest BCUT2D eigenvalue weighted by Gasteiger charge is -2.38. The van der Waals surface area contributed by atoms with E-state index < -0.39 is 11.6 Å². The van der Waals surface area contributed by atoms with Gasteiger partial charge in [-0.1, -0.05) is 126 Å². The van der Waals surface area contributed by atoms with Crippen LogP contribution in [0.25, 0.3) is 0 Å². The van der Waals surface area contributed by atoms with Crippen LogP contribution in [0.2, 0.25) is 0 Å². The fourth-order valence-corrected chi connectivity index (χ4v) is 24.2. The molecule has 24 heteroatoms. The Morgan fingerprint density at radius 3 is 0.880 bits per heavy atom. The Kier molecular flexibility index (Phi) is 29.2. The molecule has 0 saturated heterocycles. The minimum atomic E-state index is -0.745. The number of hydrogen-bond donors (Lipinski definition) is 6. The zero-order chi connectivity index (χ0) is 91.9. The molecule has 15 rings (SSSR count). The number of esters is 5. The predicted octanol–water partition coefficient (Wildman–Crippen LogP) is 21.1. The number of carbonyl (C=O) groups excluding carboxylic acids is 5. The van der Waals surface area contributed by atoms with Crippen LogP contribution in [0.5, 0.6) is 69.0 Å². The molecule has 0 heterocycles. The van der Waals surface area contributed by atoms with Crippen molar-refractivity contribution < 1.29 is 111 Å². The number of benzene rings is 5. The number of phenols is 6. The largest absolute Gasteiger partial charge is 0.504 e. The molecule has 10 saturated carbocycles. The van der Waals surface area contributed by atoms with Crippen LogP contribution in [-0.2, 0) is 79.8 Å². The summed E-state index contributed by atoms with van der Waals surface area (Å²) in [5.41, 5.74) is 5.60. The third kappa shape index (κ3) is 18.9. The van der Waals surface area contributed by atoms with E-state index in [4.69, 9.17) is 52.1 Å². The maximum absolute atomic E-state index is 13.7. The summed E-state index contributed by atoms with van der Waals surface area (Å²) in [4.78, 5) is 61.8. The molecular weight excluding hydrogens is 1660 g/mol. The Labute approximate surface area is 747 Å². The fourth-order valence-electron chi connectivity index (χ4n) is 23.6. The van der Waals surface area contributed by atoms with Crippen molar-refractivity contribution >= 4 is 45.8 Å². The van der Waals surface area contributed by atoms with E-state index in [0.29, 0.717) is 110 Å². The van der Waals surface area contributed by atoms with E-state index in [9.17, 15) is 59.0 Å². The number of carbonyl (C=O) groups is 5. The standard InChI is InChI=1S/C21H30O5.C20H27BrO4.C20H27FO4.C20H28O5.C20H28O4/c1-20(2)14-8-9-21(20,3)17(12-14)26-18(22)7-6-13-10-15(24-4)19(23)16(11-13)25-5;1-19(2)13-7-8-20(19,3)17(10-13)25-18(23)6-5-12-9-16(24-4)15(22)11-14(12)21;2*1-19(2)13-7-8-20(19,3)16(11-13)25-17(22)6-5-12-9-14(21)18(23)15(10-12)24-4;1-19(2)14-9-10-20(19,3)17(12-14)24-18(22)8-6-13-5-7-15(21)16(11-13)23-4/h10-11,14,17,23H,6-9,12H2,1-5H3;9,11,13,17,22H,5-8,10H2,1-4H3;9-10,13,16,23H,5-8,11H2,1-4H3;9-10,13,16,21,23H,5-8,11H2,1-4H3;5,7,11,14,17,21H,6,8-10,12H2,1-4H3/t14-,17+,21+;13-,17+,20+;2*13-,16+,20+;14-,17+,20+/m11111/s1. The first-order valence-corrected chi connectivity index (χ1v) is 45.8. The lowest BCUT2D eigenvalue weighted by molar-refractivity contribution is -0.157. The lowest BCUT2D eigenvalue weighted by atomic mass is 9.70. The number of phenolic OH excluding ortho intramolecular Hbond substituents is 6. The zero-order valence-electron chi connectivity index (χ0n) is 77.8. The number of ether oxygens (including phenoxy) is 11. The van der Waals surface area contributed by atoms with Gasteiger partial charge in [-0.05, 0) is 274 Å². The quantitative estimate of drug-likeness (QED) is 0.0170. The first-order chi connectivity index (χ1) is 58.6.